The number of nitrogens with zero attached hydrogens (tertiary/aromatic N) is 1. The number of urea groups is 1. The summed E-state index contributed by atoms with van der Waals surface area (Å²) < 4.78 is 5.33. The molecule has 3 N–H and O–H groups in total. The van der Waals surface area contributed by atoms with E-state index in [-0.39, 0.29) is 17.6 Å². The number of hydrogen-bond acceptors (Lipinski definition) is 4. The molecule has 0 radical (unpaired) electrons. The molecule has 6 nitrogen and oxygen atoms in total. The zero-order valence-electron chi connectivity index (χ0n) is 11.2. The Balaban J connectivity index is 2.38. The van der Waals surface area contributed by atoms with E-state index in [1.165, 1.54) is 11.0 Å². The van der Waals surface area contributed by atoms with Crippen molar-refractivity contribution in [3.05, 3.63) is 36.4 Å². The Morgan fingerprint density at radius 1 is 1.60 bits per heavy atom. The molecule has 1 aliphatic heterocycles. The van der Waals surface area contributed by atoms with Crippen LogP contribution >= 0.6 is 0 Å². The molecule has 6 heteroatoms. The summed E-state index contributed by atoms with van der Waals surface area (Å²) in [5.41, 5.74) is 0.705. The van der Waals surface area contributed by atoms with Gasteiger partial charge in [0.05, 0.1) is 6.61 Å². The number of benzene rings is 1. The number of carbonyl (C=O) groups is 1. The number of phenols is 1. The number of carbonyl (C=O) groups excluding carboxylic acids is 1. The van der Waals surface area contributed by atoms with Crippen LogP contribution in [0.2, 0.25) is 0 Å². The lowest BCUT2D eigenvalue weighted by Crippen LogP contribution is -2.29. The molecular weight excluding hydrogens is 258 g/mol. The maximum absolute atomic E-state index is 11.8. The highest BCUT2D eigenvalue weighted by Crippen LogP contribution is 2.33. The predicted molar refractivity (Wildman–Crippen MR) is 75.2 cm³/mol. The zero-order chi connectivity index (χ0) is 14.7. The second kappa shape index (κ2) is 5.64. The fourth-order valence-electron chi connectivity index (χ4n) is 2.17. The van der Waals surface area contributed by atoms with Crippen molar-refractivity contribution in [2.75, 3.05) is 13.2 Å². The van der Waals surface area contributed by atoms with Crippen molar-refractivity contribution in [1.29, 1.82) is 5.41 Å². The van der Waals surface area contributed by atoms with Crippen LogP contribution in [0, 0.1) is 5.41 Å². The SMILES string of the molecule is C=CCN1C(=O)NC(=N)C1c1ccc(O)c(OCC)c1. The lowest BCUT2D eigenvalue weighted by Gasteiger charge is -2.22. The van der Waals surface area contributed by atoms with Crippen molar-refractivity contribution in [1.82, 2.24) is 10.2 Å². The summed E-state index contributed by atoms with van der Waals surface area (Å²) in [5, 5.41) is 20.1. The van der Waals surface area contributed by atoms with Gasteiger partial charge in [0.15, 0.2) is 11.5 Å². The summed E-state index contributed by atoms with van der Waals surface area (Å²) >= 11 is 0. The number of rotatable bonds is 5. The lowest BCUT2D eigenvalue weighted by atomic mass is 10.0. The topological polar surface area (TPSA) is 85.7 Å². The van der Waals surface area contributed by atoms with Crippen molar-refractivity contribution in [3.8, 4) is 11.5 Å². The van der Waals surface area contributed by atoms with E-state index < -0.39 is 6.04 Å². The van der Waals surface area contributed by atoms with Gasteiger partial charge in [-0.2, -0.15) is 0 Å². The van der Waals surface area contributed by atoms with Gasteiger partial charge in [-0.1, -0.05) is 12.1 Å². The third-order valence-corrected chi connectivity index (χ3v) is 3.01. The molecule has 0 bridgehead atoms. The largest absolute Gasteiger partial charge is 0.504 e. The second-order valence-corrected chi connectivity index (χ2v) is 4.35. The number of ether oxygens (including phenoxy) is 1. The quantitative estimate of drug-likeness (QED) is 0.719. The van der Waals surface area contributed by atoms with Crippen LogP contribution in [0.25, 0.3) is 0 Å². The molecule has 0 aromatic heterocycles. The van der Waals surface area contributed by atoms with Crippen LogP contribution < -0.4 is 10.1 Å². The zero-order valence-corrected chi connectivity index (χ0v) is 11.2. The van der Waals surface area contributed by atoms with Gasteiger partial charge in [-0.05, 0) is 24.6 Å². The summed E-state index contributed by atoms with van der Waals surface area (Å²) in [7, 11) is 0. The van der Waals surface area contributed by atoms with Crippen molar-refractivity contribution >= 4 is 11.9 Å². The van der Waals surface area contributed by atoms with E-state index in [9.17, 15) is 9.90 Å². The third-order valence-electron chi connectivity index (χ3n) is 3.01. The third kappa shape index (κ3) is 2.45. The van der Waals surface area contributed by atoms with E-state index in [0.29, 0.717) is 24.5 Å². The molecule has 0 aliphatic carbocycles. The van der Waals surface area contributed by atoms with Crippen LogP contribution in [0.5, 0.6) is 11.5 Å². The van der Waals surface area contributed by atoms with E-state index in [4.69, 9.17) is 10.1 Å². The van der Waals surface area contributed by atoms with E-state index in [2.05, 4.69) is 11.9 Å². The minimum absolute atomic E-state index is 0.0367. The van der Waals surface area contributed by atoms with E-state index in [1.807, 2.05) is 6.92 Å². The average Bonchev–Trinajstić information content (AvgIpc) is 2.68. The van der Waals surface area contributed by atoms with Gasteiger partial charge in [-0.25, -0.2) is 4.79 Å². The number of amides is 2. The van der Waals surface area contributed by atoms with Crippen molar-refractivity contribution in [2.45, 2.75) is 13.0 Å². The van der Waals surface area contributed by atoms with E-state index in [1.54, 1.807) is 18.2 Å². The van der Waals surface area contributed by atoms with Gasteiger partial charge in [0.25, 0.3) is 0 Å². The van der Waals surface area contributed by atoms with Gasteiger partial charge in [-0.15, -0.1) is 6.58 Å². The summed E-state index contributed by atoms with van der Waals surface area (Å²) in [6, 6.07) is 3.98. The Hall–Kier alpha value is -2.50. The average molecular weight is 275 g/mol. The van der Waals surface area contributed by atoms with Gasteiger partial charge < -0.3 is 14.7 Å². The predicted octanol–water partition coefficient (Wildman–Crippen LogP) is 2.02. The molecule has 0 saturated carbocycles. The summed E-state index contributed by atoms with van der Waals surface area (Å²) in [6.07, 6.45) is 1.61. The molecule has 1 aromatic carbocycles. The highest BCUT2D eigenvalue weighted by molar-refractivity contribution is 6.06. The Labute approximate surface area is 117 Å². The normalized spacial score (nSPS) is 18.1. The molecule has 1 aliphatic rings. The summed E-state index contributed by atoms with van der Waals surface area (Å²) in [4.78, 5) is 13.3. The Morgan fingerprint density at radius 2 is 2.35 bits per heavy atom. The molecule has 1 saturated heterocycles. The van der Waals surface area contributed by atoms with E-state index in [0.717, 1.165) is 0 Å². The number of nitrogens with one attached hydrogen (secondary N) is 2. The Kier molecular flexibility index (Phi) is 3.93. The van der Waals surface area contributed by atoms with Crippen LogP contribution in [0.1, 0.15) is 18.5 Å². The minimum atomic E-state index is -0.514. The fraction of sp³-hybridized carbons (Fsp3) is 0.286. The molecule has 1 atom stereocenters. The van der Waals surface area contributed by atoms with Crippen LogP contribution in [-0.2, 0) is 0 Å². The second-order valence-electron chi connectivity index (χ2n) is 4.35. The molecule has 0 spiro atoms. The lowest BCUT2D eigenvalue weighted by molar-refractivity contribution is 0.211. The number of hydrogen-bond donors (Lipinski definition) is 3. The molecule has 2 rings (SSSR count). The molecule has 20 heavy (non-hydrogen) atoms. The van der Waals surface area contributed by atoms with Gasteiger partial charge in [0.1, 0.15) is 11.9 Å². The number of phenolic OH excluding ortho intramolecular Hbond substituents is 1. The maximum atomic E-state index is 11.8. The Morgan fingerprint density at radius 3 is 3.00 bits per heavy atom. The van der Waals surface area contributed by atoms with Crippen molar-refractivity contribution < 1.29 is 14.6 Å². The van der Waals surface area contributed by atoms with Gasteiger partial charge >= 0.3 is 6.03 Å². The first kappa shape index (κ1) is 13.9. The Bertz CT molecular complexity index is 557. The van der Waals surface area contributed by atoms with Gasteiger partial charge in [0.2, 0.25) is 0 Å². The highest BCUT2D eigenvalue weighted by Gasteiger charge is 2.36. The first-order chi connectivity index (χ1) is 9.58. The monoisotopic (exact) mass is 275 g/mol. The van der Waals surface area contributed by atoms with Crippen molar-refractivity contribution in [2.24, 2.45) is 0 Å². The molecule has 2 amide bonds. The standard InChI is InChI=1S/C14H17N3O3/c1-3-7-17-12(13(15)16-14(17)19)9-5-6-10(18)11(8-9)20-4-2/h3,5-6,8,12,18H,1,4,7H2,2H3,(H2,15,16,19). The summed E-state index contributed by atoms with van der Waals surface area (Å²) in [5.74, 6) is 0.482. The first-order valence-corrected chi connectivity index (χ1v) is 6.31. The maximum Gasteiger partial charge on any atom is 0.323 e. The molecular formula is C14H17N3O3. The van der Waals surface area contributed by atoms with Gasteiger partial charge in [-0.3, -0.25) is 10.7 Å². The number of amidine groups is 1. The van der Waals surface area contributed by atoms with Crippen LogP contribution in [-0.4, -0.2) is 35.0 Å². The smallest absolute Gasteiger partial charge is 0.323 e. The fourth-order valence-corrected chi connectivity index (χ4v) is 2.17. The van der Waals surface area contributed by atoms with Crippen LogP contribution in [0.4, 0.5) is 4.79 Å². The van der Waals surface area contributed by atoms with Crippen molar-refractivity contribution in [3.63, 3.8) is 0 Å². The highest BCUT2D eigenvalue weighted by atomic mass is 16.5. The summed E-state index contributed by atoms with van der Waals surface area (Å²) in [6.45, 7) is 6.19. The van der Waals surface area contributed by atoms with Gasteiger partial charge in [0, 0.05) is 6.54 Å². The van der Waals surface area contributed by atoms with Crippen LogP contribution in [0.15, 0.2) is 30.9 Å². The van der Waals surface area contributed by atoms with Crippen LogP contribution in [0.3, 0.4) is 0 Å². The molecule has 106 valence electrons. The molecule has 1 fully saturated rings. The number of aromatic hydroxyl groups is 1. The minimum Gasteiger partial charge on any atom is -0.504 e. The molecule has 1 heterocycles. The van der Waals surface area contributed by atoms with E-state index >= 15 is 0 Å². The molecule has 1 unspecified atom stereocenters. The molecule has 1 aromatic rings. The first-order valence-electron chi connectivity index (χ1n) is 6.31.